The van der Waals surface area contributed by atoms with Crippen molar-refractivity contribution in [3.05, 3.63) is 32.8 Å². The highest BCUT2D eigenvalue weighted by Crippen LogP contribution is 2.31. The van der Waals surface area contributed by atoms with Crippen LogP contribution in [-0.4, -0.2) is 18.5 Å². The van der Waals surface area contributed by atoms with Gasteiger partial charge in [0.2, 0.25) is 5.91 Å². The van der Waals surface area contributed by atoms with Gasteiger partial charge in [0.05, 0.1) is 16.1 Å². The zero-order valence-corrected chi connectivity index (χ0v) is 14.0. The first-order chi connectivity index (χ1) is 9.32. The van der Waals surface area contributed by atoms with E-state index in [-0.39, 0.29) is 11.9 Å². The molecule has 0 aliphatic rings. The maximum Gasteiger partial charge on any atom is 0.236 e. The van der Waals surface area contributed by atoms with Gasteiger partial charge in [0.15, 0.2) is 0 Å². The van der Waals surface area contributed by atoms with Crippen molar-refractivity contribution in [2.45, 2.75) is 33.4 Å². The molecular formula is C14H19Cl3N2O. The minimum Gasteiger partial charge on any atom is -0.354 e. The Morgan fingerprint density at radius 2 is 1.75 bits per heavy atom. The maximum atomic E-state index is 11.8. The van der Waals surface area contributed by atoms with Crippen LogP contribution in [0.15, 0.2) is 12.1 Å². The van der Waals surface area contributed by atoms with Gasteiger partial charge in [0, 0.05) is 23.7 Å². The lowest BCUT2D eigenvalue weighted by Crippen LogP contribution is -2.43. The lowest BCUT2D eigenvalue weighted by molar-refractivity contribution is -0.122. The highest BCUT2D eigenvalue weighted by atomic mass is 35.5. The summed E-state index contributed by atoms with van der Waals surface area (Å²) in [6.07, 6.45) is 0. The second-order valence-electron chi connectivity index (χ2n) is 5.06. The number of amides is 1. The third kappa shape index (κ3) is 5.13. The number of benzene rings is 1. The minimum atomic E-state index is -0.333. The fourth-order valence-electron chi connectivity index (χ4n) is 1.54. The van der Waals surface area contributed by atoms with Crippen molar-refractivity contribution in [1.82, 2.24) is 10.6 Å². The minimum absolute atomic E-state index is 0.0482. The molecule has 1 aromatic carbocycles. The molecule has 0 saturated heterocycles. The number of halogens is 3. The molecule has 6 heteroatoms. The number of rotatable bonds is 6. The van der Waals surface area contributed by atoms with Crippen LogP contribution >= 0.6 is 34.8 Å². The summed E-state index contributed by atoms with van der Waals surface area (Å²) in [5, 5.41) is 7.35. The fraction of sp³-hybridized carbons (Fsp3) is 0.500. The predicted octanol–water partition coefficient (Wildman–Crippen LogP) is 3.90. The topological polar surface area (TPSA) is 41.1 Å². The van der Waals surface area contributed by atoms with E-state index in [1.807, 2.05) is 13.8 Å². The number of hydrogen-bond acceptors (Lipinski definition) is 2. The third-order valence-electron chi connectivity index (χ3n) is 2.80. The van der Waals surface area contributed by atoms with Gasteiger partial charge in [-0.2, -0.15) is 0 Å². The highest BCUT2D eigenvalue weighted by molar-refractivity contribution is 6.44. The molecule has 0 heterocycles. The van der Waals surface area contributed by atoms with Gasteiger partial charge in [0.25, 0.3) is 0 Å². The van der Waals surface area contributed by atoms with Crippen molar-refractivity contribution >= 4 is 40.7 Å². The van der Waals surface area contributed by atoms with E-state index in [4.69, 9.17) is 34.8 Å². The summed E-state index contributed by atoms with van der Waals surface area (Å²) in [5.41, 5.74) is 0.698. The fourth-order valence-corrected chi connectivity index (χ4v) is 2.22. The molecule has 0 aliphatic heterocycles. The van der Waals surface area contributed by atoms with Crippen molar-refractivity contribution < 1.29 is 4.79 Å². The summed E-state index contributed by atoms with van der Waals surface area (Å²) in [5.74, 6) is 0.371. The van der Waals surface area contributed by atoms with Crippen LogP contribution < -0.4 is 10.6 Å². The Kier molecular flexibility index (Phi) is 7.10. The lowest BCUT2D eigenvalue weighted by atomic mass is 10.2. The van der Waals surface area contributed by atoms with Crippen LogP contribution in [0.4, 0.5) is 0 Å². The Hall–Kier alpha value is -0.480. The maximum absolute atomic E-state index is 11.8. The van der Waals surface area contributed by atoms with E-state index in [0.717, 1.165) is 0 Å². The van der Waals surface area contributed by atoms with Crippen LogP contribution in [0.5, 0.6) is 0 Å². The van der Waals surface area contributed by atoms with Gasteiger partial charge in [-0.3, -0.25) is 4.79 Å². The van der Waals surface area contributed by atoms with Gasteiger partial charge >= 0.3 is 0 Å². The van der Waals surface area contributed by atoms with E-state index >= 15 is 0 Å². The molecule has 1 aromatic rings. The average molecular weight is 338 g/mol. The molecule has 0 fully saturated rings. The second kappa shape index (κ2) is 8.08. The molecule has 1 atom stereocenters. The number of hydrogen-bond donors (Lipinski definition) is 2. The van der Waals surface area contributed by atoms with Crippen LogP contribution in [0, 0.1) is 5.92 Å². The average Bonchev–Trinajstić information content (AvgIpc) is 2.40. The van der Waals surface area contributed by atoms with Gasteiger partial charge < -0.3 is 10.6 Å². The zero-order valence-electron chi connectivity index (χ0n) is 11.8. The Balaban J connectivity index is 2.59. The van der Waals surface area contributed by atoms with E-state index in [1.54, 1.807) is 19.1 Å². The van der Waals surface area contributed by atoms with Crippen LogP contribution in [0.2, 0.25) is 15.1 Å². The van der Waals surface area contributed by atoms with Crippen LogP contribution in [0.25, 0.3) is 0 Å². The van der Waals surface area contributed by atoms with E-state index in [1.165, 1.54) is 0 Å². The Labute approximate surface area is 135 Å². The molecule has 3 nitrogen and oxygen atoms in total. The van der Waals surface area contributed by atoms with Crippen molar-refractivity contribution in [2.24, 2.45) is 5.92 Å². The van der Waals surface area contributed by atoms with Gasteiger partial charge in [-0.15, -0.1) is 0 Å². The van der Waals surface area contributed by atoms with Crippen molar-refractivity contribution in [1.29, 1.82) is 0 Å². The molecule has 1 rings (SSSR count). The molecule has 0 spiro atoms. The summed E-state index contributed by atoms with van der Waals surface area (Å²) in [6.45, 7) is 6.92. The molecule has 20 heavy (non-hydrogen) atoms. The standard InChI is InChI=1S/C14H19Cl3N2O/c1-8(2)6-19-14(20)9(3)18-7-10-11(15)4-5-12(16)13(10)17/h4-5,8-9,18H,6-7H2,1-3H3,(H,19,20). The van der Waals surface area contributed by atoms with Gasteiger partial charge in [-0.25, -0.2) is 0 Å². The highest BCUT2D eigenvalue weighted by Gasteiger charge is 2.15. The van der Waals surface area contributed by atoms with Gasteiger partial charge in [-0.05, 0) is 25.0 Å². The van der Waals surface area contributed by atoms with Crippen LogP contribution in [-0.2, 0) is 11.3 Å². The first-order valence-electron chi connectivity index (χ1n) is 6.46. The molecular weight excluding hydrogens is 319 g/mol. The van der Waals surface area contributed by atoms with E-state index < -0.39 is 0 Å². The van der Waals surface area contributed by atoms with Gasteiger partial charge in [0.1, 0.15) is 0 Å². The molecule has 112 valence electrons. The third-order valence-corrected chi connectivity index (χ3v) is 4.00. The molecule has 0 radical (unpaired) electrons. The molecule has 0 saturated carbocycles. The number of carbonyl (C=O) groups excluding carboxylic acids is 1. The molecule has 1 unspecified atom stereocenters. The largest absolute Gasteiger partial charge is 0.354 e. The Morgan fingerprint density at radius 1 is 1.15 bits per heavy atom. The molecule has 0 aliphatic carbocycles. The quantitative estimate of drug-likeness (QED) is 0.773. The van der Waals surface area contributed by atoms with Crippen molar-refractivity contribution in [3.8, 4) is 0 Å². The zero-order chi connectivity index (χ0) is 15.3. The number of nitrogens with one attached hydrogen (secondary N) is 2. The van der Waals surface area contributed by atoms with Crippen molar-refractivity contribution in [2.75, 3.05) is 6.54 Å². The SMILES string of the molecule is CC(C)CNC(=O)C(C)NCc1c(Cl)ccc(Cl)c1Cl. The lowest BCUT2D eigenvalue weighted by Gasteiger charge is -2.16. The first-order valence-corrected chi connectivity index (χ1v) is 7.59. The Morgan fingerprint density at radius 3 is 2.35 bits per heavy atom. The summed E-state index contributed by atoms with van der Waals surface area (Å²) >= 11 is 18.1. The summed E-state index contributed by atoms with van der Waals surface area (Å²) in [7, 11) is 0. The molecule has 0 bridgehead atoms. The molecule has 0 aromatic heterocycles. The van der Waals surface area contributed by atoms with Crippen LogP contribution in [0.3, 0.4) is 0 Å². The molecule has 2 N–H and O–H groups in total. The van der Waals surface area contributed by atoms with Gasteiger partial charge in [-0.1, -0.05) is 48.7 Å². The van der Waals surface area contributed by atoms with Crippen LogP contribution in [0.1, 0.15) is 26.3 Å². The van der Waals surface area contributed by atoms with E-state index in [2.05, 4.69) is 10.6 Å². The predicted molar refractivity (Wildman–Crippen MR) is 85.6 cm³/mol. The monoisotopic (exact) mass is 336 g/mol. The van der Waals surface area contributed by atoms with Crippen molar-refractivity contribution in [3.63, 3.8) is 0 Å². The Bertz CT molecular complexity index is 478. The first kappa shape index (κ1) is 17.6. The summed E-state index contributed by atoms with van der Waals surface area (Å²) in [4.78, 5) is 11.8. The van der Waals surface area contributed by atoms with E-state index in [0.29, 0.717) is 39.6 Å². The summed E-state index contributed by atoms with van der Waals surface area (Å²) in [6, 6.07) is 3.00. The summed E-state index contributed by atoms with van der Waals surface area (Å²) < 4.78 is 0. The van der Waals surface area contributed by atoms with E-state index in [9.17, 15) is 4.79 Å². The second-order valence-corrected chi connectivity index (χ2v) is 6.26. The number of carbonyl (C=O) groups is 1. The smallest absolute Gasteiger partial charge is 0.236 e. The molecule has 1 amide bonds. The normalized spacial score (nSPS) is 12.6.